The molecular formula is C66H83FN8O7. The van der Waals surface area contributed by atoms with E-state index in [1.54, 1.807) is 41.5 Å². The predicted molar refractivity (Wildman–Crippen MR) is 320 cm³/mol. The van der Waals surface area contributed by atoms with Gasteiger partial charge in [-0.15, -0.1) is 0 Å². The molecule has 5 atom stereocenters. The summed E-state index contributed by atoms with van der Waals surface area (Å²) < 4.78 is 22.2. The zero-order valence-electron chi connectivity index (χ0n) is 49.5. The lowest BCUT2D eigenvalue weighted by Gasteiger charge is -2.28. The largest absolute Gasteiger partial charge is 0.379 e. The van der Waals surface area contributed by atoms with Crippen molar-refractivity contribution in [3.8, 4) is 22.3 Å². The fraction of sp³-hybridized carbons (Fsp3) is 0.455. The van der Waals surface area contributed by atoms with E-state index in [0.717, 1.165) is 79.9 Å². The van der Waals surface area contributed by atoms with Crippen LogP contribution in [-0.4, -0.2) is 97.8 Å². The van der Waals surface area contributed by atoms with Gasteiger partial charge < -0.3 is 24.5 Å². The van der Waals surface area contributed by atoms with Crippen LogP contribution >= 0.6 is 0 Å². The van der Waals surface area contributed by atoms with E-state index >= 15 is 0 Å². The summed E-state index contributed by atoms with van der Waals surface area (Å²) in [6, 6.07) is 20.2. The van der Waals surface area contributed by atoms with Gasteiger partial charge in [0.2, 0.25) is 11.8 Å². The van der Waals surface area contributed by atoms with Gasteiger partial charge in [0.05, 0.1) is 25.3 Å². The molecule has 0 spiro atoms. The van der Waals surface area contributed by atoms with Crippen LogP contribution in [0.5, 0.6) is 0 Å². The number of ether oxygens (including phenoxy) is 1. The number of hydrogen-bond acceptors (Lipinski definition) is 11. The van der Waals surface area contributed by atoms with E-state index in [-0.39, 0.29) is 59.2 Å². The maximum absolute atomic E-state index is 13.9. The average Bonchev–Trinajstić information content (AvgIpc) is 3.94. The molecule has 2 aliphatic heterocycles. The summed E-state index contributed by atoms with van der Waals surface area (Å²) in [6.45, 7) is 24.6. The zero-order valence-corrected chi connectivity index (χ0v) is 49.5. The van der Waals surface area contributed by atoms with Crippen LogP contribution in [0.25, 0.3) is 22.3 Å². The van der Waals surface area contributed by atoms with Crippen LogP contribution in [0.2, 0.25) is 0 Å². The lowest BCUT2D eigenvalue weighted by Crippen LogP contribution is -2.40. The fourth-order valence-electron chi connectivity index (χ4n) is 11.3. The molecule has 2 amide bonds. The Balaban J connectivity index is 0.000000236. The Hall–Kier alpha value is -7.27. The van der Waals surface area contributed by atoms with Crippen LogP contribution in [0.3, 0.4) is 0 Å². The third-order valence-corrected chi connectivity index (χ3v) is 15.3. The Morgan fingerprint density at radius 2 is 1.01 bits per heavy atom. The minimum absolute atomic E-state index is 0.0436. The first-order valence-electron chi connectivity index (χ1n) is 28.8. The molecule has 436 valence electrons. The molecule has 0 radical (unpaired) electrons. The Morgan fingerprint density at radius 1 is 0.598 bits per heavy atom. The van der Waals surface area contributed by atoms with Crippen molar-refractivity contribution in [1.29, 1.82) is 0 Å². The lowest BCUT2D eigenvalue weighted by atomic mass is 9.94. The fourth-order valence-corrected chi connectivity index (χ4v) is 11.3. The molecule has 15 nitrogen and oxygen atoms in total. The molecule has 16 heteroatoms. The summed E-state index contributed by atoms with van der Waals surface area (Å²) in [4.78, 5) is 91.8. The highest BCUT2D eigenvalue weighted by Gasteiger charge is 2.30. The molecular weight excluding hydrogens is 1040 g/mol. The summed E-state index contributed by atoms with van der Waals surface area (Å²) in [5.41, 5.74) is 11.3. The number of hydrogen-bond donors (Lipinski definition) is 2. The first-order chi connectivity index (χ1) is 39.1. The van der Waals surface area contributed by atoms with Crippen molar-refractivity contribution < 1.29 is 28.3 Å². The van der Waals surface area contributed by atoms with E-state index in [2.05, 4.69) is 51.5 Å². The van der Waals surface area contributed by atoms with Gasteiger partial charge in [-0.05, 0) is 140 Å². The average molecular weight is 1120 g/mol. The number of likely N-dealkylation sites (tertiary alicyclic amines) is 1. The topological polar surface area (TPSA) is 178 Å². The number of ketones is 2. The molecule has 4 aromatic heterocycles. The van der Waals surface area contributed by atoms with Crippen LogP contribution in [0.4, 0.5) is 4.39 Å². The molecule has 6 aromatic rings. The molecule has 2 aromatic carbocycles. The van der Waals surface area contributed by atoms with Gasteiger partial charge in [-0.2, -0.15) is 0 Å². The number of pyridine rings is 4. The van der Waals surface area contributed by atoms with Crippen molar-refractivity contribution in [2.45, 2.75) is 145 Å². The molecule has 2 aliphatic rings. The number of morpholine rings is 1. The van der Waals surface area contributed by atoms with Crippen LogP contribution < -0.4 is 21.8 Å². The molecule has 0 unspecified atom stereocenters. The number of aromatic nitrogens is 4. The Kier molecular flexibility index (Phi) is 22.1. The molecule has 2 saturated heterocycles. The molecule has 0 bridgehead atoms. The van der Waals surface area contributed by atoms with Gasteiger partial charge in [-0.25, -0.2) is 4.39 Å². The van der Waals surface area contributed by atoms with Crippen molar-refractivity contribution in [1.82, 2.24) is 39.5 Å². The van der Waals surface area contributed by atoms with Crippen LogP contribution in [0, 0.1) is 39.5 Å². The molecule has 82 heavy (non-hydrogen) atoms. The zero-order chi connectivity index (χ0) is 59.2. The van der Waals surface area contributed by atoms with Gasteiger partial charge in [0.1, 0.15) is 29.8 Å². The van der Waals surface area contributed by atoms with E-state index in [0.29, 0.717) is 58.7 Å². The van der Waals surface area contributed by atoms with Gasteiger partial charge in [-0.1, -0.05) is 76.2 Å². The number of amides is 2. The number of nitrogens with one attached hydrogen (secondary N) is 2. The highest BCUT2D eigenvalue weighted by molar-refractivity contribution is 5.84. The third kappa shape index (κ3) is 17.1. The second-order valence-corrected chi connectivity index (χ2v) is 23.3. The smallest absolute Gasteiger partial charge is 0.251 e. The number of carbonyl (C=O) groups is 4. The second-order valence-electron chi connectivity index (χ2n) is 23.3. The van der Waals surface area contributed by atoms with E-state index in [1.165, 1.54) is 24.5 Å². The molecule has 8 rings (SSSR count). The van der Waals surface area contributed by atoms with E-state index in [9.17, 15) is 33.2 Å². The Morgan fingerprint density at radius 3 is 1.39 bits per heavy atom. The number of halogens is 1. The summed E-state index contributed by atoms with van der Waals surface area (Å²) in [6.07, 6.45) is 11.4. The number of alkyl halides is 1. The third-order valence-electron chi connectivity index (χ3n) is 15.3. The maximum atomic E-state index is 13.9. The summed E-state index contributed by atoms with van der Waals surface area (Å²) in [5.74, 6) is -0.421. The first kappa shape index (κ1) is 62.3. The molecule has 0 aliphatic carbocycles. The minimum atomic E-state index is -0.832. The number of aryl methyl sites for hydroxylation is 4. The minimum Gasteiger partial charge on any atom is -0.379 e. The van der Waals surface area contributed by atoms with Crippen molar-refractivity contribution in [3.05, 3.63) is 175 Å². The van der Waals surface area contributed by atoms with Gasteiger partial charge in [0, 0.05) is 113 Å². The van der Waals surface area contributed by atoms with E-state index in [4.69, 9.17) is 4.74 Å². The van der Waals surface area contributed by atoms with E-state index in [1.807, 2.05) is 101 Å². The Bertz CT molecular complexity index is 3070. The normalized spacial score (nSPS) is 16.2. The van der Waals surface area contributed by atoms with Crippen molar-refractivity contribution in [2.24, 2.45) is 11.8 Å². The van der Waals surface area contributed by atoms with Crippen molar-refractivity contribution >= 4 is 23.4 Å². The lowest BCUT2D eigenvalue weighted by molar-refractivity contribution is -0.127. The summed E-state index contributed by atoms with van der Waals surface area (Å²) in [7, 11) is 0. The van der Waals surface area contributed by atoms with Crippen molar-refractivity contribution in [3.63, 3.8) is 0 Å². The molecule has 2 N–H and O–H groups in total. The summed E-state index contributed by atoms with van der Waals surface area (Å²) >= 11 is 0. The van der Waals surface area contributed by atoms with Gasteiger partial charge in [0.15, 0.2) is 0 Å². The van der Waals surface area contributed by atoms with Gasteiger partial charge in [0.25, 0.3) is 11.1 Å². The standard InChI is InChI=1S/C33H41FN4O3.C33H42N4O4/c1-21(2)13-30(38-19-25(9-10-31(38)40)18-37-12-11-28(34)20-37)33(41)36-29(14-24(5)39)26-15-27(17-35-16-26)32-22(3)7-6-8-23(32)4;1-22(2)15-30(37-21-26(9-10-31(37)39)20-36-11-13-41-14-12-36)33(40)35-29(16-25(5)38)27-17-28(19-34-18-27)32-23(3)7-6-8-24(32)4/h6-10,15-17,19,21,28-30H,11-14,18,20H2,1-5H3,(H,36,41);6-10,17-19,21-22,29-30H,11-16,20H2,1-5H3,(H,35,40)/t28-,29+,30+;29-,30+/m10/s1. The first-order valence-corrected chi connectivity index (χ1v) is 28.8. The second kappa shape index (κ2) is 29.1. The summed E-state index contributed by atoms with van der Waals surface area (Å²) in [5, 5.41) is 6.20. The van der Waals surface area contributed by atoms with Gasteiger partial charge >= 0.3 is 0 Å². The SMILES string of the molecule is CC(=O)C[C@H](NC(=O)[C@@H](CC(C)C)n1cc(CN2CCOCC2)ccc1=O)c1cncc(-c2c(C)cccc2C)c1.CC(=O)C[C@H](NC(=O)[C@H](CC(C)C)n1cc(CN2CC[C@@H](F)C2)ccc1=O)c1cncc(-c2c(C)cccc2C)c1. The van der Waals surface area contributed by atoms with Crippen LogP contribution in [-0.2, 0) is 37.0 Å². The number of rotatable bonds is 22. The molecule has 0 saturated carbocycles. The predicted octanol–water partition coefficient (Wildman–Crippen LogP) is 10.3. The van der Waals surface area contributed by atoms with E-state index < -0.39 is 30.3 Å². The number of Topliss-reactive ketones (excluding diaryl/α,β-unsaturated/α-hetero) is 2. The highest BCUT2D eigenvalue weighted by atomic mass is 19.1. The number of nitrogens with zero attached hydrogens (tertiary/aromatic N) is 6. The van der Waals surface area contributed by atoms with Crippen molar-refractivity contribution in [2.75, 3.05) is 39.4 Å². The monoisotopic (exact) mass is 1120 g/mol. The van der Waals surface area contributed by atoms with Gasteiger partial charge in [-0.3, -0.25) is 48.5 Å². The number of benzene rings is 2. The molecule has 2 fully saturated rings. The Labute approximate surface area is 482 Å². The quantitative estimate of drug-likeness (QED) is 0.0661. The maximum Gasteiger partial charge on any atom is 0.251 e. The molecule has 6 heterocycles. The highest BCUT2D eigenvalue weighted by Crippen LogP contribution is 2.32. The van der Waals surface area contributed by atoms with Crippen LogP contribution in [0.1, 0.15) is 142 Å². The number of carbonyl (C=O) groups excluding carboxylic acids is 4. The van der Waals surface area contributed by atoms with Crippen LogP contribution in [0.15, 0.2) is 120 Å².